The third-order valence-corrected chi connectivity index (χ3v) is 8.93. The Labute approximate surface area is 206 Å². The topological polar surface area (TPSA) is 102 Å². The normalized spacial score (nSPS) is 14.8. The van der Waals surface area contributed by atoms with Crippen molar-refractivity contribution in [1.82, 2.24) is 9.55 Å². The molecule has 1 aliphatic rings. The maximum absolute atomic E-state index is 14.4. The highest BCUT2D eigenvalue weighted by Crippen LogP contribution is 2.35. The Morgan fingerprint density at radius 1 is 1.09 bits per heavy atom. The number of aromatic nitrogens is 2. The predicted molar refractivity (Wildman–Crippen MR) is 136 cm³/mol. The van der Waals surface area contributed by atoms with Crippen LogP contribution < -0.4 is 14.9 Å². The van der Waals surface area contributed by atoms with E-state index in [0.717, 1.165) is 38.9 Å². The summed E-state index contributed by atoms with van der Waals surface area (Å²) < 4.78 is 39.8. The van der Waals surface area contributed by atoms with Gasteiger partial charge in [-0.25, -0.2) is 27.7 Å². The molecule has 0 saturated carbocycles. The van der Waals surface area contributed by atoms with E-state index in [-0.39, 0.29) is 21.8 Å². The van der Waals surface area contributed by atoms with Gasteiger partial charge >= 0.3 is 6.03 Å². The fraction of sp³-hybridized carbons (Fsp3) is 0.250. The lowest BCUT2D eigenvalue weighted by Crippen LogP contribution is -2.49. The number of aryl methyl sites for hydroxylation is 3. The maximum atomic E-state index is 14.4. The zero-order chi connectivity index (χ0) is 25.1. The zero-order valence-electron chi connectivity index (χ0n) is 19.4. The van der Waals surface area contributed by atoms with Crippen molar-refractivity contribution in [2.75, 3.05) is 22.9 Å². The Balaban J connectivity index is 1.46. The van der Waals surface area contributed by atoms with Gasteiger partial charge in [0, 0.05) is 37.4 Å². The fourth-order valence-electron chi connectivity index (χ4n) is 4.65. The molecule has 5 rings (SSSR count). The molecular weight excluding hydrogens is 489 g/mol. The Morgan fingerprint density at radius 3 is 2.43 bits per heavy atom. The van der Waals surface area contributed by atoms with Crippen molar-refractivity contribution in [2.45, 2.75) is 24.5 Å². The number of carbonyl (C=O) groups is 1. The van der Waals surface area contributed by atoms with E-state index in [9.17, 15) is 17.6 Å². The molecule has 2 aromatic carbocycles. The molecule has 2 N–H and O–H groups in total. The number of thiazole rings is 1. The first-order chi connectivity index (χ1) is 16.5. The van der Waals surface area contributed by atoms with Crippen molar-refractivity contribution in [3.8, 4) is 11.1 Å². The lowest BCUT2D eigenvalue weighted by atomic mass is 9.99. The molecule has 35 heavy (non-hydrogen) atoms. The van der Waals surface area contributed by atoms with Crippen molar-refractivity contribution in [3.05, 3.63) is 59.7 Å². The molecule has 1 fully saturated rings. The summed E-state index contributed by atoms with van der Waals surface area (Å²) in [6.45, 7) is 4.51. The second-order valence-corrected chi connectivity index (χ2v) is 11.4. The highest BCUT2D eigenvalue weighted by Gasteiger charge is 2.31. The summed E-state index contributed by atoms with van der Waals surface area (Å²) in [4.78, 5) is 20.7. The highest BCUT2D eigenvalue weighted by atomic mass is 32.2. The van der Waals surface area contributed by atoms with E-state index in [1.165, 1.54) is 17.0 Å². The van der Waals surface area contributed by atoms with Crippen LogP contribution >= 0.6 is 11.3 Å². The van der Waals surface area contributed by atoms with E-state index in [1.807, 2.05) is 49.0 Å². The maximum Gasteiger partial charge on any atom is 0.330 e. The van der Waals surface area contributed by atoms with E-state index >= 15 is 0 Å². The molecule has 0 atom stereocenters. The van der Waals surface area contributed by atoms with Crippen LogP contribution in [0.25, 0.3) is 22.0 Å². The average molecular weight is 514 g/mol. The Kier molecular flexibility index (Phi) is 5.65. The lowest BCUT2D eigenvalue weighted by molar-refractivity contribution is 0.248. The second kappa shape index (κ2) is 8.43. The van der Waals surface area contributed by atoms with E-state index in [1.54, 1.807) is 11.8 Å². The van der Waals surface area contributed by atoms with Crippen LogP contribution in [-0.2, 0) is 17.1 Å². The standard InChI is InChI=1S/C24H24FN5O3S2/c1-14-13-28(3)20-12-17(25)11-19(21(14)20)16-5-7-18(8-6-16)29-9-4-10-30(24(29)31)23-27-15(2)22(34-23)35(26,32)33/h5-8,11-13H,4,9-10H2,1-3H3,(H2,26,32,33). The number of nitrogens with two attached hydrogens (primary N) is 1. The van der Waals surface area contributed by atoms with E-state index in [4.69, 9.17) is 5.14 Å². The minimum absolute atomic E-state index is 0.0422. The van der Waals surface area contributed by atoms with Gasteiger partial charge in [-0.1, -0.05) is 23.5 Å². The molecular formula is C24H24FN5O3S2. The monoisotopic (exact) mass is 513 g/mol. The summed E-state index contributed by atoms with van der Waals surface area (Å²) in [6.07, 6.45) is 2.66. The molecule has 0 radical (unpaired) electrons. The molecule has 182 valence electrons. The Hall–Kier alpha value is -3.28. The van der Waals surface area contributed by atoms with Crippen molar-refractivity contribution in [2.24, 2.45) is 12.2 Å². The van der Waals surface area contributed by atoms with Crippen LogP contribution in [0.1, 0.15) is 17.7 Å². The van der Waals surface area contributed by atoms with Crippen LogP contribution in [0.3, 0.4) is 0 Å². The molecule has 2 aromatic heterocycles. The van der Waals surface area contributed by atoms with Gasteiger partial charge in [0.15, 0.2) is 9.34 Å². The van der Waals surface area contributed by atoms with Gasteiger partial charge in [0.2, 0.25) is 10.0 Å². The SMILES string of the molecule is Cc1nc(N2CCCN(c3ccc(-c4cc(F)cc5c4c(C)cn5C)cc3)C2=O)sc1S(N)(=O)=O. The minimum Gasteiger partial charge on any atom is -0.350 e. The Bertz CT molecular complexity index is 1570. The number of benzene rings is 2. The molecule has 1 aliphatic heterocycles. The van der Waals surface area contributed by atoms with Crippen LogP contribution in [0.15, 0.2) is 46.8 Å². The summed E-state index contributed by atoms with van der Waals surface area (Å²) in [5.74, 6) is -0.308. The number of sulfonamides is 1. The largest absolute Gasteiger partial charge is 0.350 e. The predicted octanol–water partition coefficient (Wildman–Crippen LogP) is 4.54. The summed E-state index contributed by atoms with van der Waals surface area (Å²) in [5.41, 5.74) is 4.49. The van der Waals surface area contributed by atoms with E-state index in [0.29, 0.717) is 30.3 Å². The van der Waals surface area contributed by atoms with Crippen LogP contribution in [0.5, 0.6) is 0 Å². The first kappa shape index (κ1) is 23.5. The van der Waals surface area contributed by atoms with Gasteiger partial charge in [-0.2, -0.15) is 0 Å². The number of hydrogen-bond donors (Lipinski definition) is 1. The smallest absolute Gasteiger partial charge is 0.330 e. The summed E-state index contributed by atoms with van der Waals surface area (Å²) in [6, 6.07) is 10.2. The molecule has 8 nitrogen and oxygen atoms in total. The molecule has 0 bridgehead atoms. The van der Waals surface area contributed by atoms with Gasteiger partial charge in [0.05, 0.1) is 11.2 Å². The number of amides is 2. The van der Waals surface area contributed by atoms with Crippen LogP contribution in [-0.4, -0.2) is 37.1 Å². The molecule has 1 saturated heterocycles. The van der Waals surface area contributed by atoms with Gasteiger partial charge in [-0.05, 0) is 61.2 Å². The molecule has 2 amide bonds. The van der Waals surface area contributed by atoms with Crippen molar-refractivity contribution in [3.63, 3.8) is 0 Å². The van der Waals surface area contributed by atoms with E-state index < -0.39 is 10.0 Å². The van der Waals surface area contributed by atoms with E-state index in [2.05, 4.69) is 4.98 Å². The van der Waals surface area contributed by atoms with Gasteiger partial charge in [0.1, 0.15) is 5.82 Å². The number of primary sulfonamides is 1. The van der Waals surface area contributed by atoms with Crippen molar-refractivity contribution in [1.29, 1.82) is 0 Å². The number of anilines is 2. The molecule has 0 spiro atoms. The molecule has 0 unspecified atom stereocenters. The molecule has 11 heteroatoms. The lowest BCUT2D eigenvalue weighted by Gasteiger charge is -2.34. The number of halogens is 1. The van der Waals surface area contributed by atoms with Crippen molar-refractivity contribution < 1.29 is 17.6 Å². The third-order valence-electron chi connectivity index (χ3n) is 6.19. The first-order valence-electron chi connectivity index (χ1n) is 11.0. The van der Waals surface area contributed by atoms with Crippen LogP contribution in [0.2, 0.25) is 0 Å². The fourth-order valence-corrected chi connectivity index (χ4v) is 6.61. The van der Waals surface area contributed by atoms with Crippen molar-refractivity contribution >= 4 is 49.1 Å². The first-order valence-corrected chi connectivity index (χ1v) is 13.4. The number of carbonyl (C=O) groups excluding carboxylic acids is 1. The summed E-state index contributed by atoms with van der Waals surface area (Å²) in [5, 5.41) is 6.57. The number of hydrogen-bond acceptors (Lipinski definition) is 5. The Morgan fingerprint density at radius 2 is 1.77 bits per heavy atom. The number of nitrogens with zero attached hydrogens (tertiary/aromatic N) is 4. The average Bonchev–Trinajstić information content (AvgIpc) is 3.33. The highest BCUT2D eigenvalue weighted by molar-refractivity contribution is 7.91. The van der Waals surface area contributed by atoms with Crippen LogP contribution in [0.4, 0.5) is 20.0 Å². The van der Waals surface area contributed by atoms with Gasteiger partial charge in [0.25, 0.3) is 0 Å². The zero-order valence-corrected chi connectivity index (χ0v) is 21.1. The molecule has 4 aromatic rings. The minimum atomic E-state index is -3.91. The summed E-state index contributed by atoms with van der Waals surface area (Å²) >= 11 is 0.896. The number of urea groups is 1. The molecule has 0 aliphatic carbocycles. The van der Waals surface area contributed by atoms with Gasteiger partial charge in [-0.15, -0.1) is 0 Å². The quantitative estimate of drug-likeness (QED) is 0.433. The summed E-state index contributed by atoms with van der Waals surface area (Å²) in [7, 11) is -2.02. The number of fused-ring (bicyclic) bond motifs is 1. The second-order valence-electron chi connectivity index (χ2n) is 8.67. The van der Waals surface area contributed by atoms with Gasteiger partial charge < -0.3 is 4.57 Å². The van der Waals surface area contributed by atoms with Crippen LogP contribution in [0, 0.1) is 19.7 Å². The number of rotatable bonds is 4. The van der Waals surface area contributed by atoms with Gasteiger partial charge in [-0.3, -0.25) is 9.80 Å². The molecule has 3 heterocycles. The third kappa shape index (κ3) is 4.09.